The van der Waals surface area contributed by atoms with Crippen LogP contribution in [0.25, 0.3) is 0 Å². The maximum Gasteiger partial charge on any atom is 0.325 e. The molecule has 0 aromatic heterocycles. The SMILES string of the molecule is CN(C)C(C(=O)O)C1=CC(Cl)CC=C1. The molecular weight excluding hydrogens is 202 g/mol. The van der Waals surface area contributed by atoms with Gasteiger partial charge in [-0.3, -0.25) is 9.69 Å². The summed E-state index contributed by atoms with van der Waals surface area (Å²) in [5.41, 5.74) is 0.758. The van der Waals surface area contributed by atoms with Crippen molar-refractivity contribution in [3.05, 3.63) is 23.8 Å². The van der Waals surface area contributed by atoms with Gasteiger partial charge in [-0.25, -0.2) is 0 Å². The highest BCUT2D eigenvalue weighted by Gasteiger charge is 2.24. The summed E-state index contributed by atoms with van der Waals surface area (Å²) < 4.78 is 0. The van der Waals surface area contributed by atoms with Crippen molar-refractivity contribution in [1.82, 2.24) is 4.90 Å². The van der Waals surface area contributed by atoms with E-state index in [0.717, 1.165) is 12.0 Å². The van der Waals surface area contributed by atoms with Crippen LogP contribution in [0.2, 0.25) is 0 Å². The average molecular weight is 216 g/mol. The van der Waals surface area contributed by atoms with Crippen molar-refractivity contribution in [3.8, 4) is 0 Å². The third kappa shape index (κ3) is 2.59. The lowest BCUT2D eigenvalue weighted by atomic mass is 9.99. The monoisotopic (exact) mass is 215 g/mol. The van der Waals surface area contributed by atoms with E-state index in [1.807, 2.05) is 12.2 Å². The number of hydrogen-bond donors (Lipinski definition) is 1. The van der Waals surface area contributed by atoms with E-state index in [1.165, 1.54) is 0 Å². The first kappa shape index (κ1) is 11.3. The van der Waals surface area contributed by atoms with E-state index in [1.54, 1.807) is 25.1 Å². The minimum atomic E-state index is -0.850. The Morgan fingerprint density at radius 1 is 1.71 bits per heavy atom. The van der Waals surface area contributed by atoms with Crippen LogP contribution in [-0.2, 0) is 4.79 Å². The molecule has 0 radical (unpaired) electrons. The second-order valence-corrected chi connectivity index (χ2v) is 4.09. The lowest BCUT2D eigenvalue weighted by molar-refractivity contribution is -0.140. The van der Waals surface area contributed by atoms with Crippen molar-refractivity contribution >= 4 is 17.6 Å². The van der Waals surface area contributed by atoms with Gasteiger partial charge in [-0.05, 0) is 26.1 Å². The largest absolute Gasteiger partial charge is 0.480 e. The molecule has 78 valence electrons. The zero-order chi connectivity index (χ0) is 10.7. The molecule has 2 atom stereocenters. The number of likely N-dealkylation sites (N-methyl/N-ethyl adjacent to an activating group) is 1. The van der Waals surface area contributed by atoms with Gasteiger partial charge in [0.2, 0.25) is 0 Å². The minimum Gasteiger partial charge on any atom is -0.480 e. The number of carboxylic acids is 1. The van der Waals surface area contributed by atoms with E-state index in [4.69, 9.17) is 16.7 Å². The van der Waals surface area contributed by atoms with Gasteiger partial charge in [0.1, 0.15) is 6.04 Å². The molecule has 0 saturated heterocycles. The van der Waals surface area contributed by atoms with E-state index >= 15 is 0 Å². The topological polar surface area (TPSA) is 40.5 Å². The Labute approximate surface area is 88.7 Å². The summed E-state index contributed by atoms with van der Waals surface area (Å²) in [6.07, 6.45) is 6.31. The first-order chi connectivity index (χ1) is 6.52. The maximum absolute atomic E-state index is 11.0. The molecule has 14 heavy (non-hydrogen) atoms. The number of halogens is 1. The van der Waals surface area contributed by atoms with E-state index in [9.17, 15) is 4.79 Å². The number of nitrogens with zero attached hydrogens (tertiary/aromatic N) is 1. The predicted molar refractivity (Wildman–Crippen MR) is 56.6 cm³/mol. The maximum atomic E-state index is 11.0. The van der Waals surface area contributed by atoms with Gasteiger partial charge in [-0.15, -0.1) is 11.6 Å². The van der Waals surface area contributed by atoms with Crippen molar-refractivity contribution in [2.75, 3.05) is 14.1 Å². The van der Waals surface area contributed by atoms with Gasteiger partial charge in [0.25, 0.3) is 0 Å². The van der Waals surface area contributed by atoms with Crippen molar-refractivity contribution in [2.24, 2.45) is 0 Å². The number of alkyl halides is 1. The van der Waals surface area contributed by atoms with Crippen LogP contribution in [0, 0.1) is 0 Å². The number of rotatable bonds is 3. The van der Waals surface area contributed by atoms with Crippen LogP contribution in [0.15, 0.2) is 23.8 Å². The molecule has 1 aliphatic carbocycles. The third-order valence-electron chi connectivity index (χ3n) is 2.11. The lowest BCUT2D eigenvalue weighted by Crippen LogP contribution is -2.37. The van der Waals surface area contributed by atoms with Crippen molar-refractivity contribution in [1.29, 1.82) is 0 Å². The number of carboxylic acid groups (broad SMARTS) is 1. The van der Waals surface area contributed by atoms with Gasteiger partial charge in [0.05, 0.1) is 5.38 Å². The highest BCUT2D eigenvalue weighted by Crippen LogP contribution is 2.20. The van der Waals surface area contributed by atoms with Crippen molar-refractivity contribution in [2.45, 2.75) is 17.8 Å². The fraction of sp³-hybridized carbons (Fsp3) is 0.500. The summed E-state index contributed by atoms with van der Waals surface area (Å²) in [4.78, 5) is 12.6. The standard InChI is InChI=1S/C10H14ClNO2/c1-12(2)9(10(13)14)7-4-3-5-8(11)6-7/h3-4,6,8-9H,5H2,1-2H3,(H,13,14). The van der Waals surface area contributed by atoms with Crippen LogP contribution < -0.4 is 0 Å². The van der Waals surface area contributed by atoms with Gasteiger partial charge < -0.3 is 5.11 Å². The average Bonchev–Trinajstić information content (AvgIpc) is 2.02. The fourth-order valence-electron chi connectivity index (χ4n) is 1.51. The van der Waals surface area contributed by atoms with Crippen LogP contribution >= 0.6 is 11.6 Å². The third-order valence-corrected chi connectivity index (χ3v) is 2.42. The molecule has 0 bridgehead atoms. The minimum absolute atomic E-state index is 0.0863. The Morgan fingerprint density at radius 2 is 2.36 bits per heavy atom. The van der Waals surface area contributed by atoms with E-state index in [-0.39, 0.29) is 5.38 Å². The van der Waals surface area contributed by atoms with Gasteiger partial charge in [0, 0.05) is 0 Å². The Hall–Kier alpha value is -0.800. The summed E-state index contributed by atoms with van der Waals surface area (Å²) in [5, 5.41) is 8.94. The molecule has 0 fully saturated rings. The summed E-state index contributed by atoms with van der Waals surface area (Å²) in [5.74, 6) is -0.850. The zero-order valence-electron chi connectivity index (χ0n) is 8.27. The Balaban J connectivity index is 2.88. The molecule has 0 aliphatic heterocycles. The molecule has 0 amide bonds. The molecular formula is C10H14ClNO2. The van der Waals surface area contributed by atoms with E-state index in [2.05, 4.69) is 0 Å². The molecule has 4 heteroatoms. The van der Waals surface area contributed by atoms with E-state index in [0.29, 0.717) is 0 Å². The van der Waals surface area contributed by atoms with Gasteiger partial charge in [-0.1, -0.05) is 18.2 Å². The van der Waals surface area contributed by atoms with Crippen LogP contribution in [-0.4, -0.2) is 41.5 Å². The summed E-state index contributed by atoms with van der Waals surface area (Å²) in [6.45, 7) is 0. The normalized spacial score (nSPS) is 23.4. The molecule has 1 N–H and O–H groups in total. The molecule has 1 rings (SSSR count). The van der Waals surface area contributed by atoms with Crippen LogP contribution in [0.4, 0.5) is 0 Å². The second-order valence-electron chi connectivity index (χ2n) is 3.53. The second kappa shape index (κ2) is 4.62. The summed E-state index contributed by atoms with van der Waals surface area (Å²) in [7, 11) is 3.48. The van der Waals surface area contributed by atoms with Crippen LogP contribution in [0.3, 0.4) is 0 Å². The Kier molecular flexibility index (Phi) is 3.72. The number of aliphatic carboxylic acids is 1. The highest BCUT2D eigenvalue weighted by molar-refractivity contribution is 6.22. The molecule has 2 unspecified atom stereocenters. The molecule has 0 heterocycles. The van der Waals surface area contributed by atoms with Crippen LogP contribution in [0.1, 0.15) is 6.42 Å². The number of hydrogen-bond acceptors (Lipinski definition) is 2. The fourth-order valence-corrected chi connectivity index (χ4v) is 1.76. The smallest absolute Gasteiger partial charge is 0.325 e. The first-order valence-electron chi connectivity index (χ1n) is 4.44. The molecule has 1 aliphatic rings. The zero-order valence-corrected chi connectivity index (χ0v) is 9.03. The molecule has 0 aromatic carbocycles. The van der Waals surface area contributed by atoms with Crippen molar-refractivity contribution in [3.63, 3.8) is 0 Å². The lowest BCUT2D eigenvalue weighted by Gasteiger charge is -2.23. The molecule has 3 nitrogen and oxygen atoms in total. The molecule has 0 saturated carbocycles. The van der Waals surface area contributed by atoms with E-state index < -0.39 is 12.0 Å². The number of carbonyl (C=O) groups is 1. The highest BCUT2D eigenvalue weighted by atomic mass is 35.5. The number of allylic oxidation sites excluding steroid dienone is 2. The Morgan fingerprint density at radius 3 is 2.79 bits per heavy atom. The summed E-state index contributed by atoms with van der Waals surface area (Å²) in [6, 6.07) is -0.604. The van der Waals surface area contributed by atoms with Gasteiger partial charge >= 0.3 is 5.97 Å². The first-order valence-corrected chi connectivity index (χ1v) is 4.87. The molecule has 0 spiro atoms. The van der Waals surface area contributed by atoms with Gasteiger partial charge in [0.15, 0.2) is 0 Å². The Bertz CT molecular complexity index is 284. The van der Waals surface area contributed by atoms with Gasteiger partial charge in [-0.2, -0.15) is 0 Å². The quantitative estimate of drug-likeness (QED) is 0.726. The predicted octanol–water partition coefficient (Wildman–Crippen LogP) is 1.49. The van der Waals surface area contributed by atoms with Crippen molar-refractivity contribution < 1.29 is 9.90 Å². The summed E-state index contributed by atoms with van der Waals surface area (Å²) >= 11 is 5.93. The van der Waals surface area contributed by atoms with Crippen LogP contribution in [0.5, 0.6) is 0 Å². The molecule has 0 aromatic rings.